The molecule has 1 aliphatic rings. The van der Waals surface area contributed by atoms with E-state index < -0.39 is 10.0 Å². The Bertz CT molecular complexity index is 999. The van der Waals surface area contributed by atoms with Gasteiger partial charge in [-0.15, -0.1) is 0 Å². The lowest BCUT2D eigenvalue weighted by Crippen LogP contribution is -2.34. The lowest BCUT2D eigenvalue weighted by atomic mass is 10.1. The zero-order valence-electron chi connectivity index (χ0n) is 15.9. The molecule has 0 spiro atoms. The predicted molar refractivity (Wildman–Crippen MR) is 106 cm³/mol. The lowest BCUT2D eigenvalue weighted by molar-refractivity contribution is 0.314. The van der Waals surface area contributed by atoms with Gasteiger partial charge >= 0.3 is 0 Å². The first-order chi connectivity index (χ1) is 12.9. The Labute approximate surface area is 160 Å². The minimum Gasteiger partial charge on any atom is -0.353 e. The van der Waals surface area contributed by atoms with Crippen molar-refractivity contribution in [3.05, 3.63) is 77.9 Å². The standard InChI is InChI=1S/C21H25N3O2S/c1-16-8-10-17(11-9-16)27(25,26)24-20(18-6-4-14-22(18)2)12-13-21(24)19-7-5-15-23(19)3/h4-11,14-15,20-21H,12-13H2,1-3H3/t20-,21+. The summed E-state index contributed by atoms with van der Waals surface area (Å²) < 4.78 is 33.1. The second-order valence-corrected chi connectivity index (χ2v) is 9.19. The molecule has 142 valence electrons. The third kappa shape index (κ3) is 3.03. The number of nitrogens with zero attached hydrogens (tertiary/aromatic N) is 3. The number of hydrogen-bond donors (Lipinski definition) is 0. The average molecular weight is 384 g/mol. The highest BCUT2D eigenvalue weighted by Gasteiger charge is 2.45. The van der Waals surface area contributed by atoms with E-state index in [0.29, 0.717) is 4.90 Å². The van der Waals surface area contributed by atoms with Crippen LogP contribution in [0.15, 0.2) is 65.8 Å². The Kier molecular flexibility index (Phi) is 4.48. The third-order valence-corrected chi connectivity index (χ3v) is 7.51. The summed E-state index contributed by atoms with van der Waals surface area (Å²) in [6, 6.07) is 14.8. The predicted octanol–water partition coefficient (Wildman–Crippen LogP) is 3.94. The van der Waals surface area contributed by atoms with Crippen LogP contribution >= 0.6 is 0 Å². The molecule has 0 radical (unpaired) electrons. The topological polar surface area (TPSA) is 47.2 Å². The molecule has 6 heteroatoms. The summed E-state index contributed by atoms with van der Waals surface area (Å²) in [6.07, 6.45) is 5.56. The van der Waals surface area contributed by atoms with Crippen molar-refractivity contribution in [3.63, 3.8) is 0 Å². The van der Waals surface area contributed by atoms with Crippen molar-refractivity contribution in [1.29, 1.82) is 0 Å². The zero-order chi connectivity index (χ0) is 19.2. The maximum Gasteiger partial charge on any atom is 0.244 e. The van der Waals surface area contributed by atoms with Crippen molar-refractivity contribution in [3.8, 4) is 0 Å². The van der Waals surface area contributed by atoms with E-state index in [0.717, 1.165) is 29.8 Å². The van der Waals surface area contributed by atoms with Gasteiger partial charge in [0.15, 0.2) is 0 Å². The van der Waals surface area contributed by atoms with Gasteiger partial charge in [0.25, 0.3) is 0 Å². The van der Waals surface area contributed by atoms with E-state index in [-0.39, 0.29) is 12.1 Å². The molecule has 1 fully saturated rings. The highest BCUT2D eigenvalue weighted by molar-refractivity contribution is 7.89. The Morgan fingerprint density at radius 2 is 1.30 bits per heavy atom. The van der Waals surface area contributed by atoms with Crippen LogP contribution in [-0.2, 0) is 24.1 Å². The number of aryl methyl sites for hydroxylation is 3. The normalized spacial score (nSPS) is 21.0. The SMILES string of the molecule is Cc1ccc(S(=O)(=O)N2[C@@H](c3cccn3C)CC[C@H]2c2cccn2C)cc1. The van der Waals surface area contributed by atoms with Crippen LogP contribution in [0.5, 0.6) is 0 Å². The van der Waals surface area contributed by atoms with Crippen LogP contribution in [0.3, 0.4) is 0 Å². The van der Waals surface area contributed by atoms with E-state index in [1.807, 2.05) is 78.9 Å². The molecule has 2 aromatic heterocycles. The minimum atomic E-state index is -3.63. The molecule has 4 rings (SSSR count). The highest BCUT2D eigenvalue weighted by atomic mass is 32.2. The Balaban J connectivity index is 1.84. The van der Waals surface area contributed by atoms with Gasteiger partial charge in [0.1, 0.15) is 0 Å². The summed E-state index contributed by atoms with van der Waals surface area (Å²) in [5.74, 6) is 0. The molecule has 5 nitrogen and oxygen atoms in total. The van der Waals surface area contributed by atoms with E-state index >= 15 is 0 Å². The molecule has 1 aromatic carbocycles. The van der Waals surface area contributed by atoms with Crippen LogP contribution in [0, 0.1) is 6.92 Å². The smallest absolute Gasteiger partial charge is 0.244 e. The quantitative estimate of drug-likeness (QED) is 0.685. The third-order valence-electron chi connectivity index (χ3n) is 5.57. The average Bonchev–Trinajstić information content (AvgIpc) is 3.34. The molecule has 0 bridgehead atoms. The van der Waals surface area contributed by atoms with Crippen LogP contribution < -0.4 is 0 Å². The molecule has 3 heterocycles. The number of rotatable bonds is 4. The first-order valence-corrected chi connectivity index (χ1v) is 10.7. The molecule has 1 aliphatic heterocycles. The van der Waals surface area contributed by atoms with E-state index in [4.69, 9.17) is 0 Å². The number of aromatic nitrogens is 2. The van der Waals surface area contributed by atoms with Gasteiger partial charge in [0.05, 0.1) is 17.0 Å². The number of hydrogen-bond acceptors (Lipinski definition) is 2. The molecule has 0 aliphatic carbocycles. The summed E-state index contributed by atoms with van der Waals surface area (Å²) in [5.41, 5.74) is 3.11. The fourth-order valence-corrected chi connectivity index (χ4v) is 5.97. The maximum absolute atomic E-state index is 13.7. The van der Waals surface area contributed by atoms with E-state index in [2.05, 4.69) is 0 Å². The molecular weight excluding hydrogens is 358 g/mol. The van der Waals surface area contributed by atoms with Crippen molar-refractivity contribution >= 4 is 10.0 Å². The van der Waals surface area contributed by atoms with Crippen molar-refractivity contribution in [1.82, 2.24) is 13.4 Å². The van der Waals surface area contributed by atoms with Crippen molar-refractivity contribution < 1.29 is 8.42 Å². The van der Waals surface area contributed by atoms with Gasteiger partial charge in [-0.25, -0.2) is 8.42 Å². The largest absolute Gasteiger partial charge is 0.353 e. The molecule has 0 saturated carbocycles. The number of benzene rings is 1. The zero-order valence-corrected chi connectivity index (χ0v) is 16.7. The van der Waals surface area contributed by atoms with Crippen LogP contribution in [0.4, 0.5) is 0 Å². The Morgan fingerprint density at radius 3 is 1.70 bits per heavy atom. The monoisotopic (exact) mass is 383 g/mol. The Morgan fingerprint density at radius 1 is 0.815 bits per heavy atom. The highest BCUT2D eigenvalue weighted by Crippen LogP contribution is 2.47. The summed E-state index contributed by atoms with van der Waals surface area (Å²) in [7, 11) is 0.315. The molecular formula is C21H25N3O2S. The lowest BCUT2D eigenvalue weighted by Gasteiger charge is -2.30. The first-order valence-electron chi connectivity index (χ1n) is 9.22. The van der Waals surface area contributed by atoms with Crippen molar-refractivity contribution in [2.24, 2.45) is 14.1 Å². The van der Waals surface area contributed by atoms with Gasteiger partial charge in [-0.1, -0.05) is 17.7 Å². The van der Waals surface area contributed by atoms with Crippen LogP contribution in [-0.4, -0.2) is 21.9 Å². The second-order valence-electron chi connectivity index (χ2n) is 7.34. The van der Waals surface area contributed by atoms with Crippen LogP contribution in [0.1, 0.15) is 41.9 Å². The summed E-state index contributed by atoms with van der Waals surface area (Å²) in [4.78, 5) is 0.355. The van der Waals surface area contributed by atoms with Crippen LogP contribution in [0.2, 0.25) is 0 Å². The van der Waals surface area contributed by atoms with Gasteiger partial charge in [-0.3, -0.25) is 0 Å². The van der Waals surface area contributed by atoms with Gasteiger partial charge in [-0.2, -0.15) is 4.31 Å². The molecule has 2 atom stereocenters. The molecule has 0 N–H and O–H groups in total. The van der Waals surface area contributed by atoms with Gasteiger partial charge < -0.3 is 9.13 Å². The maximum atomic E-state index is 13.7. The van der Waals surface area contributed by atoms with E-state index in [9.17, 15) is 8.42 Å². The summed E-state index contributed by atoms with van der Waals surface area (Å²) >= 11 is 0. The van der Waals surface area contributed by atoms with Gasteiger partial charge in [0, 0.05) is 37.9 Å². The molecule has 0 amide bonds. The van der Waals surface area contributed by atoms with E-state index in [1.165, 1.54) is 0 Å². The molecule has 27 heavy (non-hydrogen) atoms. The molecule has 0 unspecified atom stereocenters. The second kappa shape index (κ2) is 6.69. The number of sulfonamides is 1. The fraction of sp³-hybridized carbons (Fsp3) is 0.333. The van der Waals surface area contributed by atoms with Gasteiger partial charge in [0.2, 0.25) is 10.0 Å². The summed E-state index contributed by atoms with van der Waals surface area (Å²) in [5, 5.41) is 0. The molecule has 1 saturated heterocycles. The molecule has 3 aromatic rings. The van der Waals surface area contributed by atoms with Crippen molar-refractivity contribution in [2.45, 2.75) is 36.7 Å². The first kappa shape index (κ1) is 18.1. The van der Waals surface area contributed by atoms with Crippen LogP contribution in [0.25, 0.3) is 0 Å². The summed E-state index contributed by atoms with van der Waals surface area (Å²) in [6.45, 7) is 1.96. The van der Waals surface area contributed by atoms with Gasteiger partial charge in [-0.05, 0) is 56.2 Å². The minimum absolute atomic E-state index is 0.170. The van der Waals surface area contributed by atoms with Crippen molar-refractivity contribution in [2.75, 3.05) is 0 Å². The Hall–Kier alpha value is -2.31. The fourth-order valence-electron chi connectivity index (χ4n) is 4.15. The van der Waals surface area contributed by atoms with E-state index in [1.54, 1.807) is 16.4 Å².